The molecule has 5 nitrogen and oxygen atoms in total. The second kappa shape index (κ2) is 4.78. The van der Waals surface area contributed by atoms with Gasteiger partial charge in [-0.25, -0.2) is 9.50 Å². The largest absolute Gasteiger partial charge is 0.504 e. The van der Waals surface area contributed by atoms with Crippen molar-refractivity contribution in [2.75, 3.05) is 0 Å². The number of fused-ring (bicyclic) bond motifs is 1. The molecule has 0 amide bonds. The SMILES string of the molecule is Oc1ccccc1OCc1nc2cccc(Cl)n2n1. The Morgan fingerprint density at radius 2 is 2.00 bits per heavy atom. The molecular formula is C13H10ClN3O2. The van der Waals surface area contributed by atoms with E-state index in [9.17, 15) is 5.11 Å². The summed E-state index contributed by atoms with van der Waals surface area (Å²) in [6.45, 7) is 0.162. The molecule has 0 saturated carbocycles. The molecule has 0 bridgehead atoms. The summed E-state index contributed by atoms with van der Waals surface area (Å²) < 4.78 is 6.99. The van der Waals surface area contributed by atoms with E-state index in [-0.39, 0.29) is 12.4 Å². The first-order chi connectivity index (χ1) is 9.24. The first kappa shape index (κ1) is 11.8. The van der Waals surface area contributed by atoms with Crippen LogP contribution in [0.3, 0.4) is 0 Å². The second-order valence-corrected chi connectivity index (χ2v) is 4.29. The lowest BCUT2D eigenvalue weighted by Crippen LogP contribution is -1.98. The van der Waals surface area contributed by atoms with Gasteiger partial charge in [-0.05, 0) is 24.3 Å². The quantitative estimate of drug-likeness (QED) is 0.747. The fourth-order valence-corrected chi connectivity index (χ4v) is 1.90. The zero-order valence-corrected chi connectivity index (χ0v) is 10.6. The Kier molecular flexibility index (Phi) is 2.97. The molecule has 3 rings (SSSR count). The second-order valence-electron chi connectivity index (χ2n) is 3.90. The Bertz CT molecular complexity index is 727. The number of phenols is 1. The van der Waals surface area contributed by atoms with Gasteiger partial charge in [-0.1, -0.05) is 29.8 Å². The van der Waals surface area contributed by atoms with E-state index >= 15 is 0 Å². The average molecular weight is 276 g/mol. The number of rotatable bonds is 3. The monoisotopic (exact) mass is 275 g/mol. The van der Waals surface area contributed by atoms with Gasteiger partial charge in [0.15, 0.2) is 23.0 Å². The Morgan fingerprint density at radius 3 is 2.79 bits per heavy atom. The number of hydrogen-bond acceptors (Lipinski definition) is 4. The van der Waals surface area contributed by atoms with Crippen LogP contribution in [0.5, 0.6) is 11.5 Å². The van der Waals surface area contributed by atoms with Crippen LogP contribution in [0.4, 0.5) is 0 Å². The van der Waals surface area contributed by atoms with Crippen molar-refractivity contribution in [1.29, 1.82) is 0 Å². The van der Waals surface area contributed by atoms with Crippen LogP contribution in [0, 0.1) is 0 Å². The lowest BCUT2D eigenvalue weighted by atomic mass is 10.3. The van der Waals surface area contributed by atoms with Crippen LogP contribution in [0.1, 0.15) is 5.82 Å². The number of para-hydroxylation sites is 2. The van der Waals surface area contributed by atoms with E-state index in [1.165, 1.54) is 4.52 Å². The first-order valence-electron chi connectivity index (χ1n) is 5.65. The van der Waals surface area contributed by atoms with Gasteiger partial charge in [0, 0.05) is 0 Å². The molecule has 0 aliphatic carbocycles. The summed E-state index contributed by atoms with van der Waals surface area (Å²) >= 11 is 5.99. The highest BCUT2D eigenvalue weighted by atomic mass is 35.5. The van der Waals surface area contributed by atoms with E-state index < -0.39 is 0 Å². The maximum absolute atomic E-state index is 9.58. The lowest BCUT2D eigenvalue weighted by molar-refractivity contribution is 0.280. The van der Waals surface area contributed by atoms with Crippen molar-refractivity contribution in [3.05, 3.63) is 53.4 Å². The lowest BCUT2D eigenvalue weighted by Gasteiger charge is -2.04. The molecular weight excluding hydrogens is 266 g/mol. The number of nitrogens with zero attached hydrogens (tertiary/aromatic N) is 3. The highest BCUT2D eigenvalue weighted by Gasteiger charge is 2.07. The number of aromatic hydroxyl groups is 1. The number of pyridine rings is 1. The molecule has 2 heterocycles. The molecule has 2 aromatic heterocycles. The summed E-state index contributed by atoms with van der Waals surface area (Å²) in [6, 6.07) is 12.1. The summed E-state index contributed by atoms with van der Waals surface area (Å²) in [4.78, 5) is 4.28. The molecule has 0 unspecified atom stereocenters. The van der Waals surface area contributed by atoms with Gasteiger partial charge in [-0.15, -0.1) is 5.10 Å². The summed E-state index contributed by atoms with van der Waals surface area (Å²) in [6.07, 6.45) is 0. The number of phenolic OH excluding ortho intramolecular Hbond substituents is 1. The molecule has 0 aliphatic heterocycles. The van der Waals surface area contributed by atoms with Gasteiger partial charge in [0.2, 0.25) is 0 Å². The molecule has 6 heteroatoms. The standard InChI is InChI=1S/C13H10ClN3O2/c14-11-6-3-7-13-15-12(16-17(11)13)8-19-10-5-2-1-4-9(10)18/h1-7,18H,8H2. The van der Waals surface area contributed by atoms with Crippen LogP contribution < -0.4 is 4.74 Å². The predicted octanol–water partition coefficient (Wildman–Crippen LogP) is 2.67. The van der Waals surface area contributed by atoms with Crippen molar-refractivity contribution >= 4 is 17.2 Å². The summed E-state index contributed by atoms with van der Waals surface area (Å²) in [5, 5.41) is 14.3. The van der Waals surface area contributed by atoms with Gasteiger partial charge < -0.3 is 9.84 Å². The van der Waals surface area contributed by atoms with E-state index in [1.807, 2.05) is 6.07 Å². The smallest absolute Gasteiger partial charge is 0.189 e. The fourth-order valence-electron chi connectivity index (χ4n) is 1.70. The number of hydrogen-bond donors (Lipinski definition) is 1. The van der Waals surface area contributed by atoms with Crippen LogP contribution in [0.2, 0.25) is 5.15 Å². The first-order valence-corrected chi connectivity index (χ1v) is 6.03. The molecule has 3 aromatic rings. The van der Waals surface area contributed by atoms with Gasteiger partial charge in [0.05, 0.1) is 0 Å². The Balaban J connectivity index is 1.83. The Morgan fingerprint density at radius 1 is 1.16 bits per heavy atom. The summed E-state index contributed by atoms with van der Waals surface area (Å²) in [5.41, 5.74) is 0.656. The van der Waals surface area contributed by atoms with Crippen molar-refractivity contribution in [2.24, 2.45) is 0 Å². The number of aromatic nitrogens is 3. The van der Waals surface area contributed by atoms with Crippen LogP contribution >= 0.6 is 11.6 Å². The average Bonchev–Trinajstić information content (AvgIpc) is 2.82. The molecule has 1 N–H and O–H groups in total. The third-order valence-corrected chi connectivity index (χ3v) is 2.87. The third-order valence-electron chi connectivity index (χ3n) is 2.58. The van der Waals surface area contributed by atoms with E-state index in [4.69, 9.17) is 16.3 Å². The molecule has 0 radical (unpaired) electrons. The molecule has 19 heavy (non-hydrogen) atoms. The number of ether oxygens (including phenoxy) is 1. The Labute approximate surface area is 114 Å². The van der Waals surface area contributed by atoms with Crippen molar-refractivity contribution < 1.29 is 9.84 Å². The van der Waals surface area contributed by atoms with E-state index in [0.717, 1.165) is 0 Å². The van der Waals surface area contributed by atoms with Crippen molar-refractivity contribution in [3.8, 4) is 11.5 Å². The van der Waals surface area contributed by atoms with Crippen LogP contribution in [-0.4, -0.2) is 19.7 Å². The normalized spacial score (nSPS) is 10.8. The van der Waals surface area contributed by atoms with Crippen LogP contribution in [0.25, 0.3) is 5.65 Å². The maximum Gasteiger partial charge on any atom is 0.189 e. The van der Waals surface area contributed by atoms with Gasteiger partial charge in [0.1, 0.15) is 11.8 Å². The zero-order chi connectivity index (χ0) is 13.2. The summed E-state index contributed by atoms with van der Waals surface area (Å²) in [5.74, 6) is 0.980. The number of halogens is 1. The minimum absolute atomic E-state index is 0.0873. The minimum Gasteiger partial charge on any atom is -0.504 e. The molecule has 0 saturated heterocycles. The molecule has 96 valence electrons. The molecule has 1 aromatic carbocycles. The highest BCUT2D eigenvalue weighted by Crippen LogP contribution is 2.25. The zero-order valence-electron chi connectivity index (χ0n) is 9.82. The third kappa shape index (κ3) is 2.32. The maximum atomic E-state index is 9.58. The van der Waals surface area contributed by atoms with Gasteiger partial charge in [-0.2, -0.15) is 0 Å². The van der Waals surface area contributed by atoms with Crippen molar-refractivity contribution in [2.45, 2.75) is 6.61 Å². The minimum atomic E-state index is 0.0873. The van der Waals surface area contributed by atoms with Crippen LogP contribution in [-0.2, 0) is 6.61 Å². The van der Waals surface area contributed by atoms with Crippen molar-refractivity contribution in [3.63, 3.8) is 0 Å². The van der Waals surface area contributed by atoms with Crippen LogP contribution in [0.15, 0.2) is 42.5 Å². The molecule has 0 fully saturated rings. The van der Waals surface area contributed by atoms with E-state index in [1.54, 1.807) is 36.4 Å². The topological polar surface area (TPSA) is 59.7 Å². The van der Waals surface area contributed by atoms with E-state index in [0.29, 0.717) is 22.4 Å². The highest BCUT2D eigenvalue weighted by molar-refractivity contribution is 6.29. The van der Waals surface area contributed by atoms with Crippen molar-refractivity contribution in [1.82, 2.24) is 14.6 Å². The number of benzene rings is 1. The molecule has 0 aliphatic rings. The predicted molar refractivity (Wildman–Crippen MR) is 70.4 cm³/mol. The van der Waals surface area contributed by atoms with Gasteiger partial charge in [-0.3, -0.25) is 0 Å². The van der Waals surface area contributed by atoms with E-state index in [2.05, 4.69) is 10.1 Å². The van der Waals surface area contributed by atoms with Gasteiger partial charge >= 0.3 is 0 Å². The fraction of sp³-hybridized carbons (Fsp3) is 0.0769. The Hall–Kier alpha value is -2.27. The molecule has 0 spiro atoms. The summed E-state index contributed by atoms with van der Waals surface area (Å²) in [7, 11) is 0. The molecule has 0 atom stereocenters. The van der Waals surface area contributed by atoms with Gasteiger partial charge in [0.25, 0.3) is 0 Å².